The number of hydrogen-bond donors (Lipinski definition) is 5. The van der Waals surface area contributed by atoms with Crippen molar-refractivity contribution in [3.05, 3.63) is 210 Å². The maximum absolute atomic E-state index is 13.1. The van der Waals surface area contributed by atoms with Crippen LogP contribution in [0.25, 0.3) is 50.5 Å². The number of allylic oxidation sites excluding steroid dienone is 5. The van der Waals surface area contributed by atoms with Crippen LogP contribution in [-0.2, 0) is 49.4 Å². The van der Waals surface area contributed by atoms with Gasteiger partial charge in [-0.15, -0.1) is 0 Å². The Bertz CT molecular complexity index is 5210. The summed E-state index contributed by atoms with van der Waals surface area (Å²) in [6.07, 6.45) is 20.4. The third kappa shape index (κ3) is 25.3. The minimum atomic E-state index is -0.203. The van der Waals surface area contributed by atoms with Crippen LogP contribution in [0.4, 0.5) is 52.4 Å². The predicted octanol–water partition coefficient (Wildman–Crippen LogP) is 10.5. The molecule has 8 N–H and O–H groups in total. The number of nitrogens with zero attached hydrogens (tertiary/aromatic N) is 15. The zero-order valence-corrected chi connectivity index (χ0v) is 67.8. The fourth-order valence-corrected chi connectivity index (χ4v) is 13.7. The van der Waals surface area contributed by atoms with Gasteiger partial charge in [0, 0.05) is 186 Å². The number of rotatable bonds is 22. The average molecular weight is 1610 g/mol. The summed E-state index contributed by atoms with van der Waals surface area (Å²) in [6.45, 7) is 21.9. The van der Waals surface area contributed by atoms with Gasteiger partial charge in [-0.3, -0.25) is 28.8 Å². The van der Waals surface area contributed by atoms with E-state index in [4.69, 9.17) is 46.4 Å². The minimum Gasteiger partial charge on any atom is -0.378 e. The van der Waals surface area contributed by atoms with Crippen molar-refractivity contribution < 1.29 is 43.0 Å². The van der Waals surface area contributed by atoms with Crippen LogP contribution < -0.4 is 47.4 Å². The number of amides is 4. The molecule has 11 heterocycles. The number of carbonyl (C=O) groups is 6. The van der Waals surface area contributed by atoms with Crippen molar-refractivity contribution >= 4 is 93.1 Å². The molecule has 0 bridgehead atoms. The zero-order valence-electron chi connectivity index (χ0n) is 67.8. The lowest BCUT2D eigenvalue weighted by atomic mass is 9.98. The molecule has 4 saturated heterocycles. The SMILES string of the molecule is C/C=C/C(=O)Nc1ccc(CC(=O)N2CC=C(c3cc(-c4cnc(N)nc4)nc(N4CCOCC4)c3)CC2)cc1.CC(C)=CC(=O)CCC(=O)N1CCN(c2ccc(-c3cc(-c4cnc(N)nc4)nc(N4CCOCC4)c3)cc2)CC1.CC(C)=CC(=O)CCC(=O)Nc1ccc(C#Cc2cc(-c3cnc(N)nc3)nc(N3CCOCC3)c2)cc1. The van der Waals surface area contributed by atoms with Gasteiger partial charge in [-0.05, 0) is 172 Å². The molecule has 6 aromatic heterocycles. The molecule has 119 heavy (non-hydrogen) atoms. The molecule has 0 saturated carbocycles. The summed E-state index contributed by atoms with van der Waals surface area (Å²) in [7, 11) is 0. The Morgan fingerprint density at radius 2 is 0.891 bits per heavy atom. The molecule has 0 aliphatic carbocycles. The number of hydrogen-bond acceptors (Lipinski definition) is 25. The first-order valence-corrected chi connectivity index (χ1v) is 39.9. The van der Waals surface area contributed by atoms with Crippen molar-refractivity contribution in [3.63, 3.8) is 0 Å². The second kappa shape index (κ2) is 41.9. The number of anilines is 9. The van der Waals surface area contributed by atoms with E-state index in [0.717, 1.165) is 155 Å². The Kier molecular flexibility index (Phi) is 29.9. The standard InChI is InChI=1S/C31H37N7O3.C30H33N7O3.C29H30N6O3/c1-22(2)17-27(39)7-8-30(40)38-11-9-36(10-12-38)26-5-3-23(4-6-26)24-18-28(25-20-33-31(32)34-21-25)35-29(19-24)37-13-15-41-16-14-37;1-2-3-28(38)34-25-6-4-21(5-7-25)16-29(39)37-10-8-22(9-11-37)23-17-26(24-19-32-30(31)33-20-24)35-27(18-23)36-12-14-40-15-13-36;1-20(2)15-25(36)9-10-28(37)33-24-7-5-21(6-8-24)3-4-22-16-26(23-18-31-29(30)32-19-23)34-27(17-22)35-11-13-38-14-12-35/h3-6,17-21H,7-16H2,1-2H3,(H2,32,33,34);2-8,17-20H,9-16H2,1H3,(H,34,38)(H2,31,32,33);5-8,15-19H,9-14H2,1-2H3,(H,33,37)(H2,30,31,32)/b;3-2+;. The van der Waals surface area contributed by atoms with E-state index < -0.39 is 0 Å². The van der Waals surface area contributed by atoms with Crippen molar-refractivity contribution in [2.75, 3.05) is 166 Å². The molecule has 0 atom stereocenters. The lowest BCUT2D eigenvalue weighted by Gasteiger charge is -2.36. The van der Waals surface area contributed by atoms with Crippen molar-refractivity contribution in [1.29, 1.82) is 0 Å². The number of aromatic nitrogens is 9. The summed E-state index contributed by atoms with van der Waals surface area (Å²) >= 11 is 0. The van der Waals surface area contributed by atoms with Crippen molar-refractivity contribution in [2.45, 2.75) is 73.1 Å². The number of morpholine rings is 3. The van der Waals surface area contributed by atoms with E-state index in [-0.39, 0.29) is 78.7 Å². The fraction of sp³-hybridized carbons (Fsp3) is 0.322. The molecule has 5 aliphatic rings. The summed E-state index contributed by atoms with van der Waals surface area (Å²) in [5.74, 6) is 9.36. The van der Waals surface area contributed by atoms with E-state index >= 15 is 0 Å². The Balaban J connectivity index is 0.000000164. The summed E-state index contributed by atoms with van der Waals surface area (Å²) in [5, 5.41) is 5.61. The van der Waals surface area contributed by atoms with Gasteiger partial charge in [0.2, 0.25) is 41.5 Å². The number of ether oxygens (including phenoxy) is 3. The quantitative estimate of drug-likeness (QED) is 0.0311. The Morgan fingerprint density at radius 1 is 0.437 bits per heavy atom. The van der Waals surface area contributed by atoms with Gasteiger partial charge in [0.05, 0.1) is 63.1 Å². The molecule has 0 radical (unpaired) electrons. The lowest BCUT2D eigenvalue weighted by molar-refractivity contribution is -0.133. The first kappa shape index (κ1) is 85.0. The first-order chi connectivity index (χ1) is 57.7. The second-order valence-electron chi connectivity index (χ2n) is 29.4. The molecule has 0 spiro atoms. The van der Waals surface area contributed by atoms with E-state index in [1.165, 1.54) is 11.6 Å². The molecule has 3 aromatic carbocycles. The largest absolute Gasteiger partial charge is 0.378 e. The molecule has 614 valence electrons. The number of nitrogen functional groups attached to an aromatic ring is 3. The zero-order chi connectivity index (χ0) is 83.6. The van der Waals surface area contributed by atoms with Gasteiger partial charge >= 0.3 is 0 Å². The van der Waals surface area contributed by atoms with Crippen LogP contribution in [0.2, 0.25) is 0 Å². The Hall–Kier alpha value is -13.4. The van der Waals surface area contributed by atoms with Crippen LogP contribution in [0.5, 0.6) is 0 Å². The fourth-order valence-electron chi connectivity index (χ4n) is 13.7. The van der Waals surface area contributed by atoms with Crippen molar-refractivity contribution in [2.24, 2.45) is 0 Å². The predicted molar refractivity (Wildman–Crippen MR) is 464 cm³/mol. The molecule has 14 rings (SSSR count). The number of piperazine rings is 1. The highest BCUT2D eigenvalue weighted by molar-refractivity contribution is 5.99. The molecule has 29 nitrogen and oxygen atoms in total. The maximum atomic E-state index is 13.1. The molecular weight excluding hydrogens is 1510 g/mol. The van der Waals surface area contributed by atoms with Gasteiger partial charge < -0.3 is 71.4 Å². The van der Waals surface area contributed by atoms with Gasteiger partial charge in [0.25, 0.3) is 0 Å². The summed E-state index contributed by atoms with van der Waals surface area (Å²) in [6, 6.07) is 35.4. The molecular formula is C90H100N20O9. The normalized spacial score (nSPS) is 14.7. The molecule has 29 heteroatoms. The summed E-state index contributed by atoms with van der Waals surface area (Å²) < 4.78 is 16.6. The number of ketones is 2. The van der Waals surface area contributed by atoms with Crippen LogP contribution in [0.15, 0.2) is 188 Å². The lowest BCUT2D eigenvalue weighted by Crippen LogP contribution is -2.48. The second-order valence-corrected chi connectivity index (χ2v) is 29.4. The number of nitrogens with one attached hydrogen (secondary N) is 2. The monoisotopic (exact) mass is 1600 g/mol. The molecule has 4 fully saturated rings. The number of nitrogens with two attached hydrogens (primary N) is 3. The third-order valence-electron chi connectivity index (χ3n) is 20.0. The van der Waals surface area contributed by atoms with Crippen LogP contribution in [0.1, 0.15) is 89.0 Å². The molecule has 4 amide bonds. The Morgan fingerprint density at radius 3 is 1.38 bits per heavy atom. The van der Waals surface area contributed by atoms with E-state index in [1.54, 1.807) is 74.5 Å². The van der Waals surface area contributed by atoms with Gasteiger partial charge in [-0.25, -0.2) is 44.9 Å². The highest BCUT2D eigenvalue weighted by Crippen LogP contribution is 2.34. The smallest absolute Gasteiger partial charge is 0.248 e. The highest BCUT2D eigenvalue weighted by Gasteiger charge is 2.26. The molecule has 0 unspecified atom stereocenters. The van der Waals surface area contributed by atoms with Crippen LogP contribution >= 0.6 is 0 Å². The van der Waals surface area contributed by atoms with E-state index in [0.29, 0.717) is 89.3 Å². The molecule has 9 aromatic rings. The van der Waals surface area contributed by atoms with Crippen LogP contribution in [-0.4, -0.2) is 208 Å². The topological polar surface area (TPSA) is 368 Å². The Labute approximate surface area is 692 Å². The van der Waals surface area contributed by atoms with Gasteiger partial charge in [0.1, 0.15) is 17.5 Å². The average Bonchev–Trinajstić information content (AvgIpc) is 0.801. The summed E-state index contributed by atoms with van der Waals surface area (Å²) in [5.41, 5.74) is 32.9. The summed E-state index contributed by atoms with van der Waals surface area (Å²) in [4.78, 5) is 125. The van der Waals surface area contributed by atoms with Gasteiger partial charge in [-0.2, -0.15) is 0 Å². The number of pyridine rings is 3. The minimum absolute atomic E-state index is 0.0114. The van der Waals surface area contributed by atoms with Crippen LogP contribution in [0, 0.1) is 11.8 Å². The highest BCUT2D eigenvalue weighted by atomic mass is 16.5. The van der Waals surface area contributed by atoms with E-state index in [2.05, 4.69) is 127 Å². The van der Waals surface area contributed by atoms with Gasteiger partial charge in [0.15, 0.2) is 11.6 Å². The molecule has 5 aliphatic heterocycles. The first-order valence-electron chi connectivity index (χ1n) is 39.9. The van der Waals surface area contributed by atoms with Crippen molar-refractivity contribution in [1.82, 2.24) is 54.7 Å². The number of benzene rings is 3. The maximum Gasteiger partial charge on any atom is 0.248 e. The number of carbonyl (C=O) groups excluding carboxylic acids is 6. The van der Waals surface area contributed by atoms with Crippen molar-refractivity contribution in [3.8, 4) is 56.7 Å². The third-order valence-corrected chi connectivity index (χ3v) is 20.0. The van der Waals surface area contributed by atoms with E-state index in [9.17, 15) is 28.8 Å². The van der Waals surface area contributed by atoms with Crippen LogP contribution in [0.3, 0.4) is 0 Å². The van der Waals surface area contributed by atoms with Gasteiger partial charge in [-0.1, -0.05) is 59.4 Å². The van der Waals surface area contributed by atoms with E-state index in [1.807, 2.05) is 86.0 Å².